The summed E-state index contributed by atoms with van der Waals surface area (Å²) < 4.78 is 5.66. The molecule has 0 unspecified atom stereocenters. The summed E-state index contributed by atoms with van der Waals surface area (Å²) in [6.45, 7) is 0. The molecule has 0 aromatic carbocycles. The molecule has 0 aliphatic heterocycles. The Morgan fingerprint density at radius 1 is 1.25 bits per heavy atom. The minimum Gasteiger partial charge on any atom is -0.498 e. The van der Waals surface area contributed by atoms with E-state index in [0.717, 1.165) is 5.57 Å². The highest BCUT2D eigenvalue weighted by molar-refractivity contribution is 5.93. The van der Waals surface area contributed by atoms with Crippen molar-refractivity contribution in [2.45, 2.75) is 44.6 Å². The van der Waals surface area contributed by atoms with E-state index < -0.39 is 0 Å². The van der Waals surface area contributed by atoms with Crippen LogP contribution < -0.4 is 0 Å². The van der Waals surface area contributed by atoms with Crippen LogP contribution in [-0.4, -0.2) is 11.9 Å². The van der Waals surface area contributed by atoms with E-state index in [-0.39, 0.29) is 5.78 Å². The predicted molar refractivity (Wildman–Crippen MR) is 63.9 cm³/mol. The highest BCUT2D eigenvalue weighted by Crippen LogP contribution is 2.20. The summed E-state index contributed by atoms with van der Waals surface area (Å²) in [5, 5.41) is 0. The zero-order chi connectivity index (χ0) is 11.2. The molecule has 0 aromatic heterocycles. The van der Waals surface area contributed by atoms with E-state index in [1.54, 1.807) is 18.4 Å². The number of allylic oxidation sites excluding steroid dienone is 5. The Morgan fingerprint density at radius 2 is 2.06 bits per heavy atom. The summed E-state index contributed by atoms with van der Waals surface area (Å²) in [5.74, 6) is 0.166. The van der Waals surface area contributed by atoms with Gasteiger partial charge in [0.25, 0.3) is 0 Å². The molecule has 0 N–H and O–H groups in total. The van der Waals surface area contributed by atoms with Gasteiger partial charge in [-0.05, 0) is 43.4 Å². The first-order valence-corrected chi connectivity index (χ1v) is 6.07. The van der Waals surface area contributed by atoms with Gasteiger partial charge in [-0.2, -0.15) is 0 Å². The molecule has 0 aromatic rings. The zero-order valence-corrected chi connectivity index (χ0v) is 9.52. The lowest BCUT2D eigenvalue weighted by Gasteiger charge is -2.20. The van der Waals surface area contributed by atoms with Crippen LogP contribution in [0.1, 0.15) is 38.5 Å². The van der Waals surface area contributed by atoms with Gasteiger partial charge in [-0.3, -0.25) is 4.79 Å². The van der Waals surface area contributed by atoms with Gasteiger partial charge < -0.3 is 4.74 Å². The second-order valence-corrected chi connectivity index (χ2v) is 4.44. The first-order chi connectivity index (χ1) is 7.84. The predicted octanol–water partition coefficient (Wildman–Crippen LogP) is 3.30. The van der Waals surface area contributed by atoms with Crippen molar-refractivity contribution >= 4 is 5.78 Å². The van der Waals surface area contributed by atoms with Crippen molar-refractivity contribution in [1.29, 1.82) is 0 Å². The Balaban J connectivity index is 1.78. The third-order valence-electron chi connectivity index (χ3n) is 3.08. The number of hydrogen-bond donors (Lipinski definition) is 0. The molecule has 1 saturated carbocycles. The lowest BCUT2D eigenvalue weighted by atomic mass is 9.98. The van der Waals surface area contributed by atoms with Crippen LogP contribution in [0.2, 0.25) is 0 Å². The number of carbonyl (C=O) groups excluding carboxylic acids is 1. The van der Waals surface area contributed by atoms with Gasteiger partial charge in [0.1, 0.15) is 0 Å². The fourth-order valence-corrected chi connectivity index (χ4v) is 2.15. The van der Waals surface area contributed by atoms with Crippen molar-refractivity contribution in [3.63, 3.8) is 0 Å². The Labute approximate surface area is 96.7 Å². The van der Waals surface area contributed by atoms with Gasteiger partial charge in [0.05, 0.1) is 12.4 Å². The largest absolute Gasteiger partial charge is 0.498 e. The second-order valence-electron chi connectivity index (χ2n) is 4.44. The molecular weight excluding hydrogens is 200 g/mol. The van der Waals surface area contributed by atoms with Crippen molar-refractivity contribution in [1.82, 2.24) is 0 Å². The van der Waals surface area contributed by atoms with Gasteiger partial charge in [0, 0.05) is 6.42 Å². The van der Waals surface area contributed by atoms with Gasteiger partial charge in [-0.25, -0.2) is 0 Å². The van der Waals surface area contributed by atoms with Crippen LogP contribution in [0.15, 0.2) is 36.1 Å². The summed E-state index contributed by atoms with van der Waals surface area (Å²) in [6, 6.07) is 0. The zero-order valence-electron chi connectivity index (χ0n) is 9.52. The molecule has 2 nitrogen and oxygen atoms in total. The van der Waals surface area contributed by atoms with E-state index >= 15 is 0 Å². The van der Waals surface area contributed by atoms with Crippen LogP contribution in [0.4, 0.5) is 0 Å². The summed E-state index contributed by atoms with van der Waals surface area (Å²) in [7, 11) is 0. The SMILES string of the molecule is O=C1C=CC=C(C=COC2CCCCC2)C1. The molecule has 1 fully saturated rings. The maximum absolute atomic E-state index is 11.1. The summed E-state index contributed by atoms with van der Waals surface area (Å²) in [5.41, 5.74) is 1.03. The van der Waals surface area contributed by atoms with Crippen molar-refractivity contribution < 1.29 is 9.53 Å². The topological polar surface area (TPSA) is 26.3 Å². The Morgan fingerprint density at radius 3 is 2.81 bits per heavy atom. The number of carbonyl (C=O) groups is 1. The lowest BCUT2D eigenvalue weighted by Crippen LogP contribution is -2.13. The summed E-state index contributed by atoms with van der Waals surface area (Å²) >= 11 is 0. The van der Waals surface area contributed by atoms with Crippen molar-refractivity contribution in [3.05, 3.63) is 36.1 Å². The summed E-state index contributed by atoms with van der Waals surface area (Å²) in [6.07, 6.45) is 16.2. The Kier molecular flexibility index (Phi) is 3.97. The Bertz CT molecular complexity index is 331. The molecule has 0 saturated heterocycles. The van der Waals surface area contributed by atoms with E-state index in [2.05, 4.69) is 0 Å². The minimum absolute atomic E-state index is 0.166. The normalized spacial score (nSPS) is 22.5. The lowest BCUT2D eigenvalue weighted by molar-refractivity contribution is -0.114. The number of hydrogen-bond acceptors (Lipinski definition) is 2. The fraction of sp³-hybridized carbons (Fsp3) is 0.500. The minimum atomic E-state index is 0.166. The van der Waals surface area contributed by atoms with Gasteiger partial charge in [-0.15, -0.1) is 0 Å². The van der Waals surface area contributed by atoms with Crippen LogP contribution in [0.25, 0.3) is 0 Å². The van der Waals surface area contributed by atoms with E-state index in [4.69, 9.17) is 4.74 Å². The average Bonchev–Trinajstić information content (AvgIpc) is 2.30. The molecule has 2 aliphatic carbocycles. The molecular formula is C14H18O2. The smallest absolute Gasteiger partial charge is 0.160 e. The monoisotopic (exact) mass is 218 g/mol. The molecule has 0 heterocycles. The molecule has 2 rings (SSSR count). The maximum atomic E-state index is 11.1. The van der Waals surface area contributed by atoms with Crippen molar-refractivity contribution in [2.24, 2.45) is 0 Å². The molecule has 0 amide bonds. The Hall–Kier alpha value is -1.31. The molecule has 0 atom stereocenters. The van der Waals surface area contributed by atoms with E-state index in [1.165, 1.54) is 32.1 Å². The molecule has 2 heteroatoms. The number of rotatable bonds is 3. The molecule has 0 spiro atoms. The van der Waals surface area contributed by atoms with Crippen molar-refractivity contribution in [3.8, 4) is 0 Å². The van der Waals surface area contributed by atoms with E-state index in [1.807, 2.05) is 12.2 Å². The van der Waals surface area contributed by atoms with Crippen molar-refractivity contribution in [2.75, 3.05) is 0 Å². The van der Waals surface area contributed by atoms with Gasteiger partial charge in [0.15, 0.2) is 5.78 Å². The van der Waals surface area contributed by atoms with Crippen LogP contribution in [0.5, 0.6) is 0 Å². The number of ketones is 1. The first-order valence-electron chi connectivity index (χ1n) is 6.07. The van der Waals surface area contributed by atoms with Crippen LogP contribution >= 0.6 is 0 Å². The molecule has 0 bridgehead atoms. The third kappa shape index (κ3) is 3.37. The summed E-state index contributed by atoms with van der Waals surface area (Å²) in [4.78, 5) is 11.1. The molecule has 16 heavy (non-hydrogen) atoms. The van der Waals surface area contributed by atoms with Crippen LogP contribution in [0, 0.1) is 0 Å². The number of ether oxygens (including phenoxy) is 1. The molecule has 0 radical (unpaired) electrons. The fourth-order valence-electron chi connectivity index (χ4n) is 2.15. The maximum Gasteiger partial charge on any atom is 0.160 e. The highest BCUT2D eigenvalue weighted by Gasteiger charge is 2.12. The van der Waals surface area contributed by atoms with Crippen LogP contribution in [0.3, 0.4) is 0 Å². The molecule has 2 aliphatic rings. The second kappa shape index (κ2) is 5.69. The molecule has 86 valence electrons. The van der Waals surface area contributed by atoms with Crippen LogP contribution in [-0.2, 0) is 9.53 Å². The average molecular weight is 218 g/mol. The highest BCUT2D eigenvalue weighted by atomic mass is 16.5. The first kappa shape index (κ1) is 11.2. The van der Waals surface area contributed by atoms with E-state index in [0.29, 0.717) is 12.5 Å². The third-order valence-corrected chi connectivity index (χ3v) is 3.08. The van der Waals surface area contributed by atoms with Gasteiger partial charge in [0.2, 0.25) is 0 Å². The standard InChI is InChI=1S/C14H18O2/c15-13-6-4-5-12(11-13)9-10-16-14-7-2-1-3-8-14/h4-6,9-10,14H,1-3,7-8,11H2. The van der Waals surface area contributed by atoms with E-state index in [9.17, 15) is 4.79 Å². The van der Waals surface area contributed by atoms with Gasteiger partial charge in [-0.1, -0.05) is 18.6 Å². The quantitative estimate of drug-likeness (QED) is 0.679. The van der Waals surface area contributed by atoms with Gasteiger partial charge >= 0.3 is 0 Å².